The number of hydrogen-bond acceptors (Lipinski definition) is 3. The monoisotopic (exact) mass is 263 g/mol. The first kappa shape index (κ1) is 14.2. The van der Waals surface area contributed by atoms with Gasteiger partial charge in [-0.25, -0.2) is 0 Å². The Hall–Kier alpha value is -1.22. The van der Waals surface area contributed by atoms with E-state index in [-0.39, 0.29) is 6.04 Å². The minimum atomic E-state index is 0.202. The SMILES string of the molecule is CCC1CCC(N)C(c2c(OC)cccc2OC)C1. The smallest absolute Gasteiger partial charge is 0.126 e. The van der Waals surface area contributed by atoms with Crippen molar-refractivity contribution in [2.75, 3.05) is 14.2 Å². The fraction of sp³-hybridized carbons (Fsp3) is 0.625. The van der Waals surface area contributed by atoms with Crippen LogP contribution in [0.5, 0.6) is 11.5 Å². The van der Waals surface area contributed by atoms with Crippen molar-refractivity contribution in [2.24, 2.45) is 11.7 Å². The summed E-state index contributed by atoms with van der Waals surface area (Å²) in [7, 11) is 3.42. The maximum absolute atomic E-state index is 6.36. The van der Waals surface area contributed by atoms with Gasteiger partial charge >= 0.3 is 0 Å². The first-order valence-corrected chi connectivity index (χ1v) is 7.17. The van der Waals surface area contributed by atoms with Crippen LogP contribution in [0.15, 0.2) is 18.2 Å². The second-order valence-electron chi connectivity index (χ2n) is 5.43. The molecule has 3 nitrogen and oxygen atoms in total. The third-order valence-corrected chi connectivity index (χ3v) is 4.43. The van der Waals surface area contributed by atoms with E-state index in [0.29, 0.717) is 5.92 Å². The zero-order chi connectivity index (χ0) is 13.8. The molecular weight excluding hydrogens is 238 g/mol. The molecule has 1 saturated carbocycles. The summed E-state index contributed by atoms with van der Waals surface area (Å²) < 4.78 is 11.0. The molecule has 1 aliphatic rings. The zero-order valence-electron chi connectivity index (χ0n) is 12.2. The van der Waals surface area contributed by atoms with Crippen LogP contribution in [0.1, 0.15) is 44.1 Å². The van der Waals surface area contributed by atoms with E-state index in [0.717, 1.165) is 35.8 Å². The molecule has 106 valence electrons. The predicted octanol–water partition coefficient (Wildman–Crippen LogP) is 3.32. The molecule has 2 N–H and O–H groups in total. The highest BCUT2D eigenvalue weighted by atomic mass is 16.5. The zero-order valence-corrected chi connectivity index (χ0v) is 12.2. The van der Waals surface area contributed by atoms with E-state index in [4.69, 9.17) is 15.2 Å². The third-order valence-electron chi connectivity index (χ3n) is 4.43. The quantitative estimate of drug-likeness (QED) is 0.906. The summed E-state index contributed by atoms with van der Waals surface area (Å²) >= 11 is 0. The number of ether oxygens (including phenoxy) is 2. The van der Waals surface area contributed by atoms with Gasteiger partial charge in [-0.15, -0.1) is 0 Å². The van der Waals surface area contributed by atoms with Crippen LogP contribution >= 0.6 is 0 Å². The highest BCUT2D eigenvalue weighted by molar-refractivity contribution is 5.48. The van der Waals surface area contributed by atoms with Crippen LogP contribution in [0.3, 0.4) is 0 Å². The Kier molecular flexibility index (Phi) is 4.70. The molecule has 0 radical (unpaired) electrons. The van der Waals surface area contributed by atoms with Gasteiger partial charge in [0.2, 0.25) is 0 Å². The molecular formula is C16H25NO2. The first-order valence-electron chi connectivity index (χ1n) is 7.17. The number of benzene rings is 1. The van der Waals surface area contributed by atoms with Gasteiger partial charge in [0.25, 0.3) is 0 Å². The number of rotatable bonds is 4. The van der Waals surface area contributed by atoms with Crippen molar-refractivity contribution >= 4 is 0 Å². The van der Waals surface area contributed by atoms with Gasteiger partial charge in [-0.1, -0.05) is 19.4 Å². The van der Waals surface area contributed by atoms with E-state index in [1.165, 1.54) is 12.8 Å². The van der Waals surface area contributed by atoms with E-state index < -0.39 is 0 Å². The van der Waals surface area contributed by atoms with Crippen LogP contribution in [0.4, 0.5) is 0 Å². The van der Waals surface area contributed by atoms with Gasteiger partial charge in [-0.3, -0.25) is 0 Å². The van der Waals surface area contributed by atoms with E-state index in [1.54, 1.807) is 14.2 Å². The molecule has 0 amide bonds. The number of nitrogens with two attached hydrogens (primary N) is 1. The maximum atomic E-state index is 6.36. The highest BCUT2D eigenvalue weighted by Crippen LogP contribution is 2.44. The molecule has 0 spiro atoms. The molecule has 0 heterocycles. The summed E-state index contributed by atoms with van der Waals surface area (Å²) in [6.45, 7) is 2.26. The standard InChI is InChI=1S/C16H25NO2/c1-4-11-8-9-13(17)12(10-11)16-14(18-2)6-5-7-15(16)19-3/h5-7,11-13H,4,8-10,17H2,1-3H3. The van der Waals surface area contributed by atoms with Crippen LogP contribution in [0.25, 0.3) is 0 Å². The fourth-order valence-electron chi connectivity index (χ4n) is 3.23. The highest BCUT2D eigenvalue weighted by Gasteiger charge is 2.32. The Morgan fingerprint density at radius 1 is 1.16 bits per heavy atom. The minimum absolute atomic E-state index is 0.202. The molecule has 19 heavy (non-hydrogen) atoms. The van der Waals surface area contributed by atoms with Crippen molar-refractivity contribution in [3.05, 3.63) is 23.8 Å². The van der Waals surface area contributed by atoms with Gasteiger partial charge in [0.15, 0.2) is 0 Å². The second-order valence-corrected chi connectivity index (χ2v) is 5.43. The summed E-state index contributed by atoms with van der Waals surface area (Å²) in [5.74, 6) is 2.90. The Morgan fingerprint density at radius 2 is 1.79 bits per heavy atom. The molecule has 0 bridgehead atoms. The molecule has 3 heteroatoms. The summed E-state index contributed by atoms with van der Waals surface area (Å²) in [5, 5.41) is 0. The van der Waals surface area contributed by atoms with Crippen LogP contribution in [-0.4, -0.2) is 20.3 Å². The second kappa shape index (κ2) is 6.29. The molecule has 1 aromatic carbocycles. The van der Waals surface area contributed by atoms with E-state index in [1.807, 2.05) is 18.2 Å². The first-order chi connectivity index (χ1) is 9.21. The lowest BCUT2D eigenvalue weighted by Gasteiger charge is -2.35. The molecule has 0 saturated heterocycles. The fourth-order valence-corrected chi connectivity index (χ4v) is 3.23. The lowest BCUT2D eigenvalue weighted by atomic mass is 9.74. The third kappa shape index (κ3) is 2.86. The van der Waals surface area contributed by atoms with Crippen LogP contribution in [0, 0.1) is 5.92 Å². The number of methoxy groups -OCH3 is 2. The van der Waals surface area contributed by atoms with Gasteiger partial charge in [-0.2, -0.15) is 0 Å². The Balaban J connectivity index is 2.37. The van der Waals surface area contributed by atoms with Gasteiger partial charge in [0.05, 0.1) is 14.2 Å². The lowest BCUT2D eigenvalue weighted by Crippen LogP contribution is -2.34. The van der Waals surface area contributed by atoms with Crippen LogP contribution < -0.4 is 15.2 Å². The summed E-state index contributed by atoms with van der Waals surface area (Å²) in [6, 6.07) is 6.17. The Labute approximate surface area is 116 Å². The Bertz CT molecular complexity index is 397. The Morgan fingerprint density at radius 3 is 2.32 bits per heavy atom. The average molecular weight is 263 g/mol. The van der Waals surface area contributed by atoms with E-state index in [9.17, 15) is 0 Å². The van der Waals surface area contributed by atoms with Gasteiger partial charge in [-0.05, 0) is 37.3 Å². The van der Waals surface area contributed by atoms with Crippen molar-refractivity contribution in [1.29, 1.82) is 0 Å². The molecule has 0 aromatic heterocycles. The maximum Gasteiger partial charge on any atom is 0.126 e. The van der Waals surface area contributed by atoms with E-state index >= 15 is 0 Å². The topological polar surface area (TPSA) is 44.5 Å². The molecule has 1 aliphatic carbocycles. The largest absolute Gasteiger partial charge is 0.496 e. The van der Waals surface area contributed by atoms with Crippen molar-refractivity contribution in [3.8, 4) is 11.5 Å². The van der Waals surface area contributed by atoms with Crippen molar-refractivity contribution < 1.29 is 9.47 Å². The van der Waals surface area contributed by atoms with Crippen molar-refractivity contribution in [3.63, 3.8) is 0 Å². The van der Waals surface area contributed by atoms with Crippen LogP contribution in [-0.2, 0) is 0 Å². The van der Waals surface area contributed by atoms with Gasteiger partial charge in [0.1, 0.15) is 11.5 Å². The van der Waals surface area contributed by atoms with Gasteiger partial charge < -0.3 is 15.2 Å². The molecule has 2 rings (SSSR count). The lowest BCUT2D eigenvalue weighted by molar-refractivity contribution is 0.270. The summed E-state index contributed by atoms with van der Waals surface area (Å²) in [5.41, 5.74) is 7.52. The normalized spacial score (nSPS) is 27.1. The molecule has 3 unspecified atom stereocenters. The molecule has 3 atom stereocenters. The molecule has 1 aromatic rings. The van der Waals surface area contributed by atoms with E-state index in [2.05, 4.69) is 6.92 Å². The van der Waals surface area contributed by atoms with Crippen LogP contribution in [0.2, 0.25) is 0 Å². The van der Waals surface area contributed by atoms with Crippen molar-refractivity contribution in [2.45, 2.75) is 44.6 Å². The minimum Gasteiger partial charge on any atom is -0.496 e. The molecule has 1 fully saturated rings. The summed E-state index contributed by atoms with van der Waals surface area (Å²) in [4.78, 5) is 0. The van der Waals surface area contributed by atoms with Crippen molar-refractivity contribution in [1.82, 2.24) is 0 Å². The van der Waals surface area contributed by atoms with Gasteiger partial charge in [0, 0.05) is 17.5 Å². The average Bonchev–Trinajstić information content (AvgIpc) is 2.47. The summed E-state index contributed by atoms with van der Waals surface area (Å²) in [6.07, 6.45) is 4.69. The predicted molar refractivity (Wildman–Crippen MR) is 77.9 cm³/mol. The molecule has 0 aliphatic heterocycles. The number of hydrogen-bond donors (Lipinski definition) is 1.